The van der Waals surface area contributed by atoms with Gasteiger partial charge in [0.05, 0.1) is 9.79 Å². The van der Waals surface area contributed by atoms with E-state index in [1.54, 1.807) is 35.2 Å². The molecule has 0 fully saturated rings. The maximum atomic E-state index is 12.6. The van der Waals surface area contributed by atoms with E-state index >= 15 is 0 Å². The highest BCUT2D eigenvalue weighted by Crippen LogP contribution is 2.27. The van der Waals surface area contributed by atoms with Crippen molar-refractivity contribution >= 4 is 37.5 Å². The second kappa shape index (κ2) is 8.14. The van der Waals surface area contributed by atoms with Crippen molar-refractivity contribution in [2.75, 3.05) is 18.8 Å². The van der Waals surface area contributed by atoms with Crippen LogP contribution in [0.25, 0.3) is 0 Å². The summed E-state index contributed by atoms with van der Waals surface area (Å²) >= 11 is 1.40. The zero-order valence-corrected chi connectivity index (χ0v) is 18.3. The molecule has 1 heterocycles. The lowest BCUT2D eigenvalue weighted by atomic mass is 10.3. The van der Waals surface area contributed by atoms with Crippen molar-refractivity contribution in [3.63, 3.8) is 0 Å². The summed E-state index contributed by atoms with van der Waals surface area (Å²) in [4.78, 5) is 0.863. The fourth-order valence-electron chi connectivity index (χ4n) is 2.28. The van der Waals surface area contributed by atoms with Gasteiger partial charge in [-0.25, -0.2) is 21.1 Å². The minimum atomic E-state index is -3.86. The molecule has 2 aromatic carbocycles. The van der Waals surface area contributed by atoms with E-state index < -0.39 is 20.0 Å². The standard InChI is InChI=1S/C17H19N5O4S3/c1-21(2)29(25,26)16-10-8-15(9-11-16)28(23,24)20-13-4-6-14(7-5-13)27-17-19-18-12-22(17)3/h4-12,20H,1-3H3. The predicted molar refractivity (Wildman–Crippen MR) is 110 cm³/mol. The van der Waals surface area contributed by atoms with Gasteiger partial charge in [0, 0.05) is 31.7 Å². The zero-order chi connectivity index (χ0) is 21.2. The van der Waals surface area contributed by atoms with E-state index in [9.17, 15) is 16.8 Å². The summed E-state index contributed by atoms with van der Waals surface area (Å²) in [6.07, 6.45) is 1.60. The quantitative estimate of drug-likeness (QED) is 0.582. The second-order valence-corrected chi connectivity index (χ2v) is 11.1. The Bertz CT molecular complexity index is 1200. The molecule has 3 rings (SSSR count). The van der Waals surface area contributed by atoms with Crippen LogP contribution >= 0.6 is 11.8 Å². The number of aromatic nitrogens is 3. The molecule has 0 aliphatic rings. The Morgan fingerprint density at radius 2 is 1.52 bits per heavy atom. The zero-order valence-electron chi connectivity index (χ0n) is 15.8. The first kappa shape index (κ1) is 21.3. The molecule has 12 heteroatoms. The number of hydrogen-bond donors (Lipinski definition) is 1. The van der Waals surface area contributed by atoms with Crippen LogP contribution in [0.4, 0.5) is 5.69 Å². The lowest BCUT2D eigenvalue weighted by molar-refractivity contribution is 0.520. The summed E-state index contributed by atoms with van der Waals surface area (Å²) in [5.41, 5.74) is 0.386. The molecule has 3 aromatic rings. The third-order valence-corrected chi connectivity index (χ3v) is 8.18. The van der Waals surface area contributed by atoms with Gasteiger partial charge in [0.2, 0.25) is 10.0 Å². The SMILES string of the molecule is CN(C)S(=O)(=O)c1ccc(S(=O)(=O)Nc2ccc(Sc3nncn3C)cc2)cc1. The molecule has 0 aliphatic carbocycles. The van der Waals surface area contributed by atoms with Gasteiger partial charge in [0.15, 0.2) is 5.16 Å². The van der Waals surface area contributed by atoms with Gasteiger partial charge in [-0.15, -0.1) is 10.2 Å². The molecule has 0 unspecified atom stereocenters. The van der Waals surface area contributed by atoms with Gasteiger partial charge in [-0.3, -0.25) is 4.72 Å². The highest BCUT2D eigenvalue weighted by atomic mass is 32.2. The number of rotatable bonds is 7. The summed E-state index contributed by atoms with van der Waals surface area (Å²) in [5.74, 6) is 0. The number of hydrogen-bond acceptors (Lipinski definition) is 7. The van der Waals surface area contributed by atoms with E-state index in [4.69, 9.17) is 0 Å². The molecule has 0 amide bonds. The molecular formula is C17H19N5O4S3. The van der Waals surface area contributed by atoms with Gasteiger partial charge >= 0.3 is 0 Å². The smallest absolute Gasteiger partial charge is 0.261 e. The van der Waals surface area contributed by atoms with Crippen LogP contribution in [-0.2, 0) is 27.1 Å². The van der Waals surface area contributed by atoms with Crippen molar-refractivity contribution in [3.05, 3.63) is 54.9 Å². The first-order valence-electron chi connectivity index (χ1n) is 8.27. The second-order valence-electron chi connectivity index (χ2n) is 6.22. The molecule has 1 N–H and O–H groups in total. The van der Waals surface area contributed by atoms with Crippen LogP contribution < -0.4 is 4.72 Å². The van der Waals surface area contributed by atoms with Gasteiger partial charge < -0.3 is 4.57 Å². The first-order valence-corrected chi connectivity index (χ1v) is 12.0. The Morgan fingerprint density at radius 3 is 2.03 bits per heavy atom. The van der Waals surface area contributed by atoms with Gasteiger partial charge in [-0.05, 0) is 60.3 Å². The van der Waals surface area contributed by atoms with Gasteiger partial charge in [0.25, 0.3) is 10.0 Å². The van der Waals surface area contributed by atoms with Crippen molar-refractivity contribution in [1.29, 1.82) is 0 Å². The maximum absolute atomic E-state index is 12.6. The third-order valence-electron chi connectivity index (χ3n) is 3.90. The molecule has 0 saturated heterocycles. The summed E-state index contributed by atoms with van der Waals surface area (Å²) < 4.78 is 54.7. The van der Waals surface area contributed by atoms with Crippen LogP contribution in [0.3, 0.4) is 0 Å². The average Bonchev–Trinajstić information content (AvgIpc) is 3.07. The van der Waals surface area contributed by atoms with Crippen LogP contribution in [0.1, 0.15) is 0 Å². The van der Waals surface area contributed by atoms with Crippen molar-refractivity contribution in [2.24, 2.45) is 7.05 Å². The molecule has 154 valence electrons. The Hall–Kier alpha value is -2.41. The predicted octanol–water partition coefficient (Wildman–Crippen LogP) is 2.02. The minimum Gasteiger partial charge on any atom is -0.311 e. The van der Waals surface area contributed by atoms with E-state index in [2.05, 4.69) is 14.9 Å². The van der Waals surface area contributed by atoms with E-state index in [1.165, 1.54) is 50.1 Å². The molecule has 0 bridgehead atoms. The Morgan fingerprint density at radius 1 is 0.931 bits per heavy atom. The minimum absolute atomic E-state index is 0.0200. The van der Waals surface area contributed by atoms with Crippen LogP contribution in [0, 0.1) is 0 Å². The molecule has 0 spiro atoms. The Balaban J connectivity index is 1.74. The van der Waals surface area contributed by atoms with E-state index in [-0.39, 0.29) is 9.79 Å². The fourth-order valence-corrected chi connectivity index (χ4v) is 5.00. The molecule has 1 aromatic heterocycles. The lowest BCUT2D eigenvalue weighted by Gasteiger charge is -2.12. The van der Waals surface area contributed by atoms with Gasteiger partial charge in [-0.2, -0.15) is 0 Å². The first-order chi connectivity index (χ1) is 13.6. The van der Waals surface area contributed by atoms with E-state index in [0.29, 0.717) is 10.8 Å². The van der Waals surface area contributed by atoms with Crippen LogP contribution in [0.15, 0.2) is 74.7 Å². The molecule has 0 atom stereocenters. The topological polar surface area (TPSA) is 114 Å². The number of anilines is 1. The summed E-state index contributed by atoms with van der Waals surface area (Å²) in [5, 5.41) is 8.51. The highest BCUT2D eigenvalue weighted by molar-refractivity contribution is 7.99. The Labute approximate surface area is 173 Å². The molecule has 0 aliphatic heterocycles. The molecule has 0 saturated carbocycles. The molecule has 29 heavy (non-hydrogen) atoms. The maximum Gasteiger partial charge on any atom is 0.261 e. The average molecular weight is 454 g/mol. The molecule has 9 nitrogen and oxygen atoms in total. The number of sulfonamides is 2. The summed E-state index contributed by atoms with van der Waals surface area (Å²) in [7, 11) is -2.83. The van der Waals surface area contributed by atoms with Crippen molar-refractivity contribution < 1.29 is 16.8 Å². The van der Waals surface area contributed by atoms with Gasteiger partial charge in [0.1, 0.15) is 6.33 Å². The fraction of sp³-hybridized carbons (Fsp3) is 0.176. The van der Waals surface area contributed by atoms with Crippen molar-refractivity contribution in [2.45, 2.75) is 19.8 Å². The Kier molecular flexibility index (Phi) is 5.98. The highest BCUT2D eigenvalue weighted by Gasteiger charge is 2.19. The van der Waals surface area contributed by atoms with Crippen LogP contribution in [0.2, 0.25) is 0 Å². The van der Waals surface area contributed by atoms with E-state index in [1.807, 2.05) is 7.05 Å². The summed E-state index contributed by atoms with van der Waals surface area (Å²) in [6.45, 7) is 0. The van der Waals surface area contributed by atoms with Crippen molar-refractivity contribution in [1.82, 2.24) is 19.1 Å². The molecular weight excluding hydrogens is 434 g/mol. The van der Waals surface area contributed by atoms with Crippen molar-refractivity contribution in [3.8, 4) is 0 Å². The largest absolute Gasteiger partial charge is 0.311 e. The van der Waals surface area contributed by atoms with Crippen LogP contribution in [0.5, 0.6) is 0 Å². The lowest BCUT2D eigenvalue weighted by Crippen LogP contribution is -2.22. The normalized spacial score (nSPS) is 12.3. The van der Waals surface area contributed by atoms with E-state index in [0.717, 1.165) is 9.20 Å². The van der Waals surface area contributed by atoms with Gasteiger partial charge in [-0.1, -0.05) is 0 Å². The third kappa shape index (κ3) is 4.78. The summed E-state index contributed by atoms with van der Waals surface area (Å²) in [6, 6.07) is 11.9. The molecule has 0 radical (unpaired) electrons. The number of benzene rings is 2. The number of nitrogens with zero attached hydrogens (tertiary/aromatic N) is 4. The van der Waals surface area contributed by atoms with Crippen LogP contribution in [-0.4, -0.2) is 50.0 Å². The number of aryl methyl sites for hydroxylation is 1. The number of nitrogens with one attached hydrogen (secondary N) is 1. The monoisotopic (exact) mass is 453 g/mol.